The van der Waals surface area contributed by atoms with E-state index in [4.69, 9.17) is 0 Å². The minimum absolute atomic E-state index is 0.546. The minimum atomic E-state index is -0.546. The summed E-state index contributed by atoms with van der Waals surface area (Å²) >= 11 is 0. The van der Waals surface area contributed by atoms with Crippen LogP contribution in [0.4, 0.5) is 34.1 Å². The Hall–Kier alpha value is -10.3. The molecular weight excluding hydrogens is 989 g/mol. The lowest BCUT2D eigenvalue weighted by molar-refractivity contribution is 0.768. The average molecular weight is 1050 g/mol. The highest BCUT2D eigenvalue weighted by atomic mass is 15.1. The van der Waals surface area contributed by atoms with E-state index >= 15 is 0 Å². The second-order valence-electron chi connectivity index (χ2n) is 22.4. The number of anilines is 6. The number of benzene rings is 14. The van der Waals surface area contributed by atoms with Crippen LogP contribution in [0.2, 0.25) is 0 Å². The van der Waals surface area contributed by atoms with Gasteiger partial charge in [-0.15, -0.1) is 0 Å². The fraction of sp³-hybridized carbons (Fsp3) is 0.0500. The maximum absolute atomic E-state index is 2.48. The Kier molecular flexibility index (Phi) is 10.9. The molecule has 0 amide bonds. The number of para-hydroxylation sites is 2. The second kappa shape index (κ2) is 18.7. The summed E-state index contributed by atoms with van der Waals surface area (Å²) in [6.45, 7) is 4.36. The predicted octanol–water partition coefficient (Wildman–Crippen LogP) is 20.9. The molecule has 2 heteroatoms. The van der Waals surface area contributed by atoms with Gasteiger partial charge in [-0.3, -0.25) is 0 Å². The van der Waals surface area contributed by atoms with Gasteiger partial charge >= 0.3 is 0 Å². The molecule has 0 atom stereocenters. The third kappa shape index (κ3) is 6.95. The molecule has 0 fully saturated rings. The molecule has 2 aliphatic carbocycles. The molecule has 0 saturated heterocycles. The van der Waals surface area contributed by atoms with E-state index in [0.29, 0.717) is 0 Å². The molecule has 2 nitrogen and oxygen atoms in total. The van der Waals surface area contributed by atoms with Crippen LogP contribution in [0, 0.1) is 13.8 Å². The third-order valence-electron chi connectivity index (χ3n) is 18.1. The van der Waals surface area contributed by atoms with E-state index in [1.165, 1.54) is 110 Å². The van der Waals surface area contributed by atoms with Crippen LogP contribution in [0.5, 0.6) is 0 Å². The second-order valence-corrected chi connectivity index (χ2v) is 22.4. The summed E-state index contributed by atoms with van der Waals surface area (Å²) in [4.78, 5) is 4.97. The van der Waals surface area contributed by atoms with Crippen molar-refractivity contribution in [2.75, 3.05) is 9.80 Å². The lowest BCUT2D eigenvalue weighted by Crippen LogP contribution is -2.29. The Morgan fingerprint density at radius 2 is 0.561 bits per heavy atom. The first-order valence-corrected chi connectivity index (χ1v) is 28.7. The van der Waals surface area contributed by atoms with Crippen LogP contribution in [-0.4, -0.2) is 0 Å². The Morgan fingerprint density at radius 3 is 0.927 bits per heavy atom. The van der Waals surface area contributed by atoms with Gasteiger partial charge in [-0.2, -0.15) is 0 Å². The molecule has 0 unspecified atom stereocenters. The molecule has 0 aromatic heterocycles. The molecule has 14 aromatic rings. The first-order valence-electron chi connectivity index (χ1n) is 28.7. The Bertz CT molecular complexity index is 4370. The summed E-state index contributed by atoms with van der Waals surface area (Å²) in [7, 11) is 0. The first kappa shape index (κ1) is 47.7. The molecule has 0 radical (unpaired) electrons. The van der Waals surface area contributed by atoms with Gasteiger partial charge in [0.25, 0.3) is 0 Å². The van der Waals surface area contributed by atoms with Crippen molar-refractivity contribution >= 4 is 66.4 Å². The van der Waals surface area contributed by atoms with Crippen molar-refractivity contribution < 1.29 is 0 Å². The van der Waals surface area contributed by atoms with E-state index in [2.05, 4.69) is 327 Å². The molecule has 0 spiro atoms. The normalized spacial score (nSPS) is 13.4. The average Bonchev–Trinajstić information content (AvgIpc) is 2.96. The van der Waals surface area contributed by atoms with Crippen LogP contribution in [0.25, 0.3) is 54.6 Å². The van der Waals surface area contributed by atoms with E-state index < -0.39 is 10.8 Å². The van der Waals surface area contributed by atoms with Crippen molar-refractivity contribution in [2.24, 2.45) is 0 Å². The lowest BCUT2D eigenvalue weighted by Gasteiger charge is -2.35. The molecule has 16 rings (SSSR count). The van der Waals surface area contributed by atoms with E-state index in [1.54, 1.807) is 0 Å². The zero-order valence-electron chi connectivity index (χ0n) is 45.8. The quantitative estimate of drug-likeness (QED) is 0.126. The molecule has 0 heterocycles. The van der Waals surface area contributed by atoms with Gasteiger partial charge in [-0.1, -0.05) is 254 Å². The summed E-state index contributed by atoms with van der Waals surface area (Å²) in [5.41, 5.74) is 23.3. The van der Waals surface area contributed by atoms with Gasteiger partial charge in [0.15, 0.2) is 0 Å². The first-order chi connectivity index (χ1) is 40.5. The van der Waals surface area contributed by atoms with E-state index in [9.17, 15) is 0 Å². The van der Waals surface area contributed by atoms with Gasteiger partial charge < -0.3 is 9.80 Å². The maximum Gasteiger partial charge on any atom is 0.0714 e. The highest BCUT2D eigenvalue weighted by Crippen LogP contribution is 2.59. The number of nitrogens with zero attached hydrogens (tertiary/aromatic N) is 2. The summed E-state index contributed by atoms with van der Waals surface area (Å²) in [5, 5.41) is 7.30. The summed E-state index contributed by atoms with van der Waals surface area (Å²) in [6.07, 6.45) is 0. The molecule has 386 valence electrons. The number of fused-ring (bicyclic) bond motifs is 6. The number of hydrogen-bond donors (Lipinski definition) is 0. The Morgan fingerprint density at radius 1 is 0.244 bits per heavy atom. The standard InChI is InChI=1S/C80H56N2/c1-53-35-43-57(44-36-53)79(71-31-13-9-27-65(71)66-28-10-14-32-72(66)79)59-19-17-25-63(51-59)81(61-21-5-3-6-22-61)75-49-41-55-40-48-70-76(50-42-56-39-47-69(75)77(55)78(56)70)82(62-23-7-4-8-24-62)64-26-18-20-60(52-64)80(58-45-37-54(2)38-46-58)73-33-15-11-29-67(73)68-30-12-16-34-74(68)80/h3-52H,1-2H3. The molecule has 2 aliphatic rings. The summed E-state index contributed by atoms with van der Waals surface area (Å²) < 4.78 is 0. The van der Waals surface area contributed by atoms with Gasteiger partial charge in [0.05, 0.1) is 22.2 Å². The SMILES string of the molecule is Cc1ccc(C2(c3cccc(N(c4ccccc4)c4ccc5ccc6c(N(c7ccccc7)c7cccc(C8(c9ccc(C)cc9)c9ccccc9-c9ccccc98)c7)ccc7ccc4c5c76)c3)c3ccccc3-c3ccccc32)cc1. The van der Waals surface area contributed by atoms with Crippen LogP contribution >= 0.6 is 0 Å². The number of rotatable bonds is 10. The molecule has 0 bridgehead atoms. The molecule has 0 saturated carbocycles. The monoisotopic (exact) mass is 1040 g/mol. The highest BCUT2D eigenvalue weighted by Gasteiger charge is 2.48. The summed E-state index contributed by atoms with van der Waals surface area (Å²) in [6, 6.07) is 114. The van der Waals surface area contributed by atoms with Crippen LogP contribution in [-0.2, 0) is 10.8 Å². The van der Waals surface area contributed by atoms with Crippen molar-refractivity contribution in [1.82, 2.24) is 0 Å². The number of aryl methyl sites for hydroxylation is 2. The lowest BCUT2D eigenvalue weighted by atomic mass is 9.67. The van der Waals surface area contributed by atoms with Crippen LogP contribution in [0.15, 0.2) is 303 Å². The Balaban J connectivity index is 0.897. The molecule has 0 N–H and O–H groups in total. The fourth-order valence-electron chi connectivity index (χ4n) is 14.6. The zero-order chi connectivity index (χ0) is 54.5. The van der Waals surface area contributed by atoms with Crippen molar-refractivity contribution in [2.45, 2.75) is 24.7 Å². The molecule has 82 heavy (non-hydrogen) atoms. The maximum atomic E-state index is 2.48. The van der Waals surface area contributed by atoms with E-state index in [1.807, 2.05) is 0 Å². The van der Waals surface area contributed by atoms with Crippen LogP contribution in [0.3, 0.4) is 0 Å². The number of hydrogen-bond acceptors (Lipinski definition) is 2. The van der Waals surface area contributed by atoms with Crippen molar-refractivity contribution in [3.8, 4) is 22.3 Å². The molecule has 0 aliphatic heterocycles. The van der Waals surface area contributed by atoms with Gasteiger partial charge in [0.1, 0.15) is 0 Å². The molecular formula is C80H56N2. The Labute approximate surface area is 479 Å². The third-order valence-corrected chi connectivity index (χ3v) is 18.1. The minimum Gasteiger partial charge on any atom is -0.310 e. The predicted molar refractivity (Wildman–Crippen MR) is 344 cm³/mol. The van der Waals surface area contributed by atoms with Crippen molar-refractivity contribution in [3.63, 3.8) is 0 Å². The summed E-state index contributed by atoms with van der Waals surface area (Å²) in [5.74, 6) is 0. The highest BCUT2D eigenvalue weighted by molar-refractivity contribution is 6.28. The van der Waals surface area contributed by atoms with Crippen molar-refractivity contribution in [1.29, 1.82) is 0 Å². The van der Waals surface area contributed by atoms with Crippen LogP contribution in [0.1, 0.15) is 55.6 Å². The topological polar surface area (TPSA) is 6.48 Å². The largest absolute Gasteiger partial charge is 0.310 e. The van der Waals surface area contributed by atoms with Crippen molar-refractivity contribution in [3.05, 3.63) is 359 Å². The zero-order valence-corrected chi connectivity index (χ0v) is 45.8. The van der Waals surface area contributed by atoms with Crippen LogP contribution < -0.4 is 9.80 Å². The van der Waals surface area contributed by atoms with E-state index in [0.717, 1.165) is 34.1 Å². The van der Waals surface area contributed by atoms with Gasteiger partial charge in [0, 0.05) is 33.5 Å². The molecule has 14 aromatic carbocycles. The van der Waals surface area contributed by atoms with Gasteiger partial charge in [-0.25, -0.2) is 0 Å². The van der Waals surface area contributed by atoms with Gasteiger partial charge in [0.2, 0.25) is 0 Å². The fourth-order valence-corrected chi connectivity index (χ4v) is 14.6. The van der Waals surface area contributed by atoms with Gasteiger partial charge in [-0.05, 0) is 163 Å². The van der Waals surface area contributed by atoms with E-state index in [-0.39, 0.29) is 0 Å². The smallest absolute Gasteiger partial charge is 0.0714 e.